The van der Waals surface area contributed by atoms with E-state index in [0.717, 1.165) is 114 Å². The summed E-state index contributed by atoms with van der Waals surface area (Å²) in [6.45, 7) is 14.0. The second-order valence-electron chi connectivity index (χ2n) is 27.2. The van der Waals surface area contributed by atoms with E-state index in [-0.39, 0.29) is 25.7 Å². The summed E-state index contributed by atoms with van der Waals surface area (Å²) in [5.41, 5.74) is 0. The van der Waals surface area contributed by atoms with Gasteiger partial charge in [0, 0.05) is 25.7 Å². The molecule has 2 unspecified atom stereocenters. The van der Waals surface area contributed by atoms with Gasteiger partial charge in [-0.05, 0) is 49.4 Å². The standard InChI is InChI=1S/C70H136O17P2/c1-60(2)46-38-30-22-16-12-9-10-14-18-25-34-42-50-67(72)80-56-65(87-70(75)53-45-37-27-21-20-24-32-40-48-62(5)6)58-84-88(76,77)82-54-64(71)55-83-89(78,79)85-59-66(57-81-68(73)51-43-35-29-28-33-41-49-63(7)8)86-69(74)52-44-36-26-19-15-11-13-17-23-31-39-47-61(3)4/h60-66,71H,9-59H2,1-8H3,(H,76,77)(H,78,79)/t64-,65-,66-/m1/s1. The lowest BCUT2D eigenvalue weighted by molar-refractivity contribution is -0.161. The Labute approximate surface area is 543 Å². The Morgan fingerprint density at radius 2 is 0.472 bits per heavy atom. The van der Waals surface area contributed by atoms with Gasteiger partial charge in [-0.3, -0.25) is 37.3 Å². The van der Waals surface area contributed by atoms with Crippen molar-refractivity contribution in [2.24, 2.45) is 23.7 Å². The lowest BCUT2D eigenvalue weighted by Gasteiger charge is -2.21. The molecule has 0 aromatic rings. The number of unbranched alkanes of at least 4 members (excludes halogenated alkanes) is 33. The zero-order chi connectivity index (χ0) is 66.1. The summed E-state index contributed by atoms with van der Waals surface area (Å²) in [4.78, 5) is 72.5. The van der Waals surface area contributed by atoms with E-state index in [0.29, 0.717) is 31.6 Å². The first kappa shape index (κ1) is 87.1. The summed E-state index contributed by atoms with van der Waals surface area (Å²) in [6, 6.07) is 0. The van der Waals surface area contributed by atoms with Crippen molar-refractivity contribution in [2.45, 2.75) is 363 Å². The number of rotatable bonds is 67. The predicted octanol–water partition coefficient (Wildman–Crippen LogP) is 19.7. The van der Waals surface area contributed by atoms with Crippen molar-refractivity contribution in [3.05, 3.63) is 0 Å². The average molecular weight is 1310 g/mol. The second-order valence-corrected chi connectivity index (χ2v) is 30.1. The molecular formula is C70H136O17P2. The highest BCUT2D eigenvalue weighted by Crippen LogP contribution is 2.45. The molecular weight excluding hydrogens is 1170 g/mol. The Morgan fingerprint density at radius 1 is 0.281 bits per heavy atom. The summed E-state index contributed by atoms with van der Waals surface area (Å²) in [6.07, 6.45) is 41.8. The van der Waals surface area contributed by atoms with Gasteiger partial charge in [-0.1, -0.05) is 293 Å². The molecule has 3 N–H and O–H groups in total. The maximum Gasteiger partial charge on any atom is 0.472 e. The van der Waals surface area contributed by atoms with Gasteiger partial charge >= 0.3 is 39.5 Å². The third-order valence-corrected chi connectivity index (χ3v) is 18.0. The number of carbonyl (C=O) groups is 4. The summed E-state index contributed by atoms with van der Waals surface area (Å²) >= 11 is 0. The number of carbonyl (C=O) groups excluding carboxylic acids is 4. The molecule has 0 aromatic heterocycles. The SMILES string of the molecule is CC(C)CCCCCCCCCCCCCCC(=O)OC[C@H](COP(=O)(O)OC[C@@H](O)COP(=O)(O)OC[C@@H](COC(=O)CCCCCCCCC(C)C)OC(=O)CCCCCCCCCCCCCC(C)C)OC(=O)CCCCCCCCCCC(C)C. The summed E-state index contributed by atoms with van der Waals surface area (Å²) < 4.78 is 68.2. The van der Waals surface area contributed by atoms with E-state index in [1.165, 1.54) is 141 Å². The number of phosphoric acid groups is 2. The second kappa shape index (κ2) is 59.8. The first-order valence-corrected chi connectivity index (χ1v) is 39.2. The molecule has 19 heteroatoms. The molecule has 5 atom stereocenters. The summed E-state index contributed by atoms with van der Waals surface area (Å²) in [5, 5.41) is 10.6. The highest BCUT2D eigenvalue weighted by Gasteiger charge is 2.30. The number of hydrogen-bond donors (Lipinski definition) is 3. The predicted molar refractivity (Wildman–Crippen MR) is 358 cm³/mol. The van der Waals surface area contributed by atoms with E-state index >= 15 is 0 Å². The fourth-order valence-corrected chi connectivity index (χ4v) is 12.1. The van der Waals surface area contributed by atoms with Crippen LogP contribution in [0.4, 0.5) is 0 Å². The third kappa shape index (κ3) is 64.6. The minimum absolute atomic E-state index is 0.104. The van der Waals surface area contributed by atoms with Gasteiger partial charge in [-0.15, -0.1) is 0 Å². The van der Waals surface area contributed by atoms with Crippen molar-refractivity contribution in [1.82, 2.24) is 0 Å². The van der Waals surface area contributed by atoms with Gasteiger partial charge in [-0.2, -0.15) is 0 Å². The molecule has 528 valence electrons. The van der Waals surface area contributed by atoms with Gasteiger partial charge in [-0.25, -0.2) is 9.13 Å². The van der Waals surface area contributed by atoms with Gasteiger partial charge < -0.3 is 33.8 Å². The number of aliphatic hydroxyl groups is 1. The number of esters is 4. The lowest BCUT2D eigenvalue weighted by Crippen LogP contribution is -2.30. The fourth-order valence-electron chi connectivity index (χ4n) is 10.5. The monoisotopic (exact) mass is 1310 g/mol. The molecule has 0 radical (unpaired) electrons. The van der Waals surface area contributed by atoms with E-state index in [2.05, 4.69) is 55.4 Å². The quantitative estimate of drug-likeness (QED) is 0.0222. The van der Waals surface area contributed by atoms with Crippen LogP contribution in [-0.4, -0.2) is 96.7 Å². The number of hydrogen-bond acceptors (Lipinski definition) is 15. The zero-order valence-corrected chi connectivity index (χ0v) is 59.8. The Balaban J connectivity index is 5.23. The van der Waals surface area contributed by atoms with Crippen molar-refractivity contribution in [2.75, 3.05) is 39.6 Å². The summed E-state index contributed by atoms with van der Waals surface area (Å²) in [7, 11) is -9.90. The van der Waals surface area contributed by atoms with Crippen molar-refractivity contribution >= 4 is 39.5 Å². The van der Waals surface area contributed by atoms with Crippen LogP contribution in [0.25, 0.3) is 0 Å². The van der Waals surface area contributed by atoms with Crippen LogP contribution in [-0.2, 0) is 65.4 Å². The molecule has 0 heterocycles. The highest BCUT2D eigenvalue weighted by atomic mass is 31.2. The van der Waals surface area contributed by atoms with Crippen LogP contribution in [0.5, 0.6) is 0 Å². The van der Waals surface area contributed by atoms with Crippen molar-refractivity contribution in [3.63, 3.8) is 0 Å². The normalized spacial score (nSPS) is 14.3. The molecule has 0 aromatic carbocycles. The lowest BCUT2D eigenvalue weighted by atomic mass is 10.0. The van der Waals surface area contributed by atoms with Crippen molar-refractivity contribution in [3.8, 4) is 0 Å². The van der Waals surface area contributed by atoms with Gasteiger partial charge in [0.2, 0.25) is 0 Å². The molecule has 0 saturated carbocycles. The van der Waals surface area contributed by atoms with Gasteiger partial charge in [0.1, 0.15) is 19.3 Å². The third-order valence-electron chi connectivity index (χ3n) is 16.1. The molecule has 0 aliphatic carbocycles. The van der Waals surface area contributed by atoms with Crippen LogP contribution in [0.2, 0.25) is 0 Å². The van der Waals surface area contributed by atoms with Crippen LogP contribution < -0.4 is 0 Å². The topological polar surface area (TPSA) is 237 Å². The van der Waals surface area contributed by atoms with E-state index in [1.54, 1.807) is 0 Å². The van der Waals surface area contributed by atoms with E-state index in [9.17, 15) is 43.2 Å². The molecule has 0 saturated heterocycles. The maximum atomic E-state index is 13.0. The molecule has 0 spiro atoms. The smallest absolute Gasteiger partial charge is 0.462 e. The molecule has 17 nitrogen and oxygen atoms in total. The van der Waals surface area contributed by atoms with Gasteiger partial charge in [0.05, 0.1) is 26.4 Å². The molecule has 0 amide bonds. The Morgan fingerprint density at radius 3 is 0.697 bits per heavy atom. The van der Waals surface area contributed by atoms with E-state index in [1.807, 2.05) is 0 Å². The van der Waals surface area contributed by atoms with Gasteiger partial charge in [0.25, 0.3) is 0 Å². The van der Waals surface area contributed by atoms with Crippen molar-refractivity contribution < 1.29 is 80.2 Å². The maximum absolute atomic E-state index is 13.0. The van der Waals surface area contributed by atoms with Crippen LogP contribution in [0, 0.1) is 23.7 Å². The highest BCUT2D eigenvalue weighted by molar-refractivity contribution is 7.47. The van der Waals surface area contributed by atoms with Crippen LogP contribution in [0.1, 0.15) is 344 Å². The molecule has 89 heavy (non-hydrogen) atoms. The number of phosphoric ester groups is 2. The minimum atomic E-state index is -4.95. The largest absolute Gasteiger partial charge is 0.472 e. The zero-order valence-electron chi connectivity index (χ0n) is 58.1. The molecule has 0 rings (SSSR count). The summed E-state index contributed by atoms with van der Waals surface area (Å²) in [5.74, 6) is 0.813. The Bertz CT molecular complexity index is 1760. The Kier molecular flexibility index (Phi) is 58.5. The number of aliphatic hydroxyl groups excluding tert-OH is 1. The van der Waals surface area contributed by atoms with Gasteiger partial charge in [0.15, 0.2) is 12.2 Å². The minimum Gasteiger partial charge on any atom is -0.462 e. The van der Waals surface area contributed by atoms with Crippen LogP contribution in [0.3, 0.4) is 0 Å². The molecule has 0 fully saturated rings. The first-order chi connectivity index (χ1) is 42.6. The first-order valence-electron chi connectivity index (χ1n) is 36.2. The van der Waals surface area contributed by atoms with E-state index < -0.39 is 97.5 Å². The van der Waals surface area contributed by atoms with Crippen LogP contribution >= 0.6 is 15.6 Å². The van der Waals surface area contributed by atoms with Crippen LogP contribution in [0.15, 0.2) is 0 Å². The van der Waals surface area contributed by atoms with Crippen molar-refractivity contribution in [1.29, 1.82) is 0 Å². The molecule has 0 aliphatic heterocycles. The number of ether oxygens (including phenoxy) is 4. The molecule has 0 aliphatic rings. The fraction of sp³-hybridized carbons (Fsp3) is 0.943. The van der Waals surface area contributed by atoms with E-state index in [4.69, 9.17) is 37.0 Å². The molecule has 0 bridgehead atoms. The Hall–Kier alpha value is -1.94. The average Bonchev–Trinajstić information content (AvgIpc) is 3.59.